The number of esters is 1. The summed E-state index contributed by atoms with van der Waals surface area (Å²) in [6, 6.07) is 8.05. The minimum Gasteiger partial charge on any atom is -0.465 e. The second-order valence-corrected chi connectivity index (χ2v) is 11.9. The van der Waals surface area contributed by atoms with Gasteiger partial charge in [-0.3, -0.25) is 14.2 Å². The highest BCUT2D eigenvalue weighted by molar-refractivity contribution is 7.99. The number of thioether (sulfide) groups is 1. The summed E-state index contributed by atoms with van der Waals surface area (Å²) >= 11 is 4.05. The average molecular weight is 566 g/mol. The first-order chi connectivity index (χ1) is 18.4. The van der Waals surface area contributed by atoms with Crippen LogP contribution in [-0.2, 0) is 28.9 Å². The van der Waals surface area contributed by atoms with E-state index in [0.717, 1.165) is 52.8 Å². The molecular formula is C28H27N3O4S3. The van der Waals surface area contributed by atoms with E-state index in [9.17, 15) is 14.4 Å². The van der Waals surface area contributed by atoms with E-state index in [1.54, 1.807) is 10.6 Å². The lowest BCUT2D eigenvalue weighted by Crippen LogP contribution is -2.23. The molecule has 0 aliphatic heterocycles. The van der Waals surface area contributed by atoms with Crippen molar-refractivity contribution in [1.82, 2.24) is 9.55 Å². The van der Waals surface area contributed by atoms with E-state index in [4.69, 9.17) is 9.72 Å². The van der Waals surface area contributed by atoms with Gasteiger partial charge < -0.3 is 10.1 Å². The van der Waals surface area contributed by atoms with E-state index in [1.807, 2.05) is 36.6 Å². The molecule has 10 heteroatoms. The Morgan fingerprint density at radius 1 is 1.24 bits per heavy atom. The zero-order chi connectivity index (χ0) is 26.8. The molecule has 1 aliphatic rings. The van der Waals surface area contributed by atoms with Gasteiger partial charge in [-0.05, 0) is 43.7 Å². The van der Waals surface area contributed by atoms with Crippen molar-refractivity contribution in [3.05, 3.63) is 74.2 Å². The van der Waals surface area contributed by atoms with Crippen molar-refractivity contribution in [2.45, 2.75) is 44.3 Å². The Hall–Kier alpha value is -3.21. The van der Waals surface area contributed by atoms with Crippen LogP contribution in [0.25, 0.3) is 21.3 Å². The van der Waals surface area contributed by atoms with Crippen LogP contribution in [-0.4, -0.2) is 34.3 Å². The summed E-state index contributed by atoms with van der Waals surface area (Å²) in [6.45, 7) is 6.10. The number of methoxy groups -OCH3 is 1. The van der Waals surface area contributed by atoms with Gasteiger partial charge in [0.2, 0.25) is 5.91 Å². The third-order valence-electron chi connectivity index (χ3n) is 6.48. The van der Waals surface area contributed by atoms with Crippen molar-refractivity contribution in [3.8, 4) is 11.1 Å². The molecule has 1 aromatic carbocycles. The van der Waals surface area contributed by atoms with Gasteiger partial charge in [-0.15, -0.1) is 29.3 Å². The molecule has 0 saturated carbocycles. The summed E-state index contributed by atoms with van der Waals surface area (Å²) in [5.41, 5.74) is 4.26. The van der Waals surface area contributed by atoms with E-state index in [2.05, 4.69) is 11.9 Å². The van der Waals surface area contributed by atoms with Gasteiger partial charge in [-0.2, -0.15) is 0 Å². The number of anilines is 1. The van der Waals surface area contributed by atoms with Crippen molar-refractivity contribution in [1.29, 1.82) is 0 Å². The molecular weight excluding hydrogens is 539 g/mol. The van der Waals surface area contributed by atoms with Crippen LogP contribution in [0.1, 0.15) is 39.2 Å². The summed E-state index contributed by atoms with van der Waals surface area (Å²) < 4.78 is 6.56. The smallest absolute Gasteiger partial charge is 0.341 e. The fraction of sp³-hybridized carbons (Fsp3) is 0.286. The number of fused-ring (bicyclic) bond motifs is 2. The highest BCUT2D eigenvalue weighted by Crippen LogP contribution is 2.39. The molecule has 7 nitrogen and oxygen atoms in total. The first-order valence-corrected chi connectivity index (χ1v) is 14.9. The summed E-state index contributed by atoms with van der Waals surface area (Å²) in [5, 5.41) is 6.42. The van der Waals surface area contributed by atoms with E-state index in [1.165, 1.54) is 41.5 Å². The van der Waals surface area contributed by atoms with Gasteiger partial charge in [0.1, 0.15) is 9.83 Å². The number of amides is 1. The third-order valence-corrected chi connectivity index (χ3v) is 9.53. The third kappa shape index (κ3) is 5.08. The molecule has 5 rings (SSSR count). The second kappa shape index (κ2) is 11.3. The number of carbonyl (C=O) groups is 2. The van der Waals surface area contributed by atoms with E-state index in [-0.39, 0.29) is 23.8 Å². The van der Waals surface area contributed by atoms with E-state index < -0.39 is 5.97 Å². The fourth-order valence-electron chi connectivity index (χ4n) is 4.62. The molecule has 38 heavy (non-hydrogen) atoms. The SMILES string of the molecule is C=CCn1c(SCC(=O)Nc2sc3c(c2C(=O)OC)CCCC3)nc2scc(-c3ccc(C)cc3)c2c1=O. The number of rotatable bonds is 8. The summed E-state index contributed by atoms with van der Waals surface area (Å²) in [4.78, 5) is 45.6. The van der Waals surface area contributed by atoms with E-state index in [0.29, 0.717) is 25.9 Å². The van der Waals surface area contributed by atoms with Crippen LogP contribution in [0.15, 0.2) is 52.3 Å². The van der Waals surface area contributed by atoms with Crippen molar-refractivity contribution < 1.29 is 14.3 Å². The number of ether oxygens (including phenoxy) is 1. The largest absolute Gasteiger partial charge is 0.465 e. The molecule has 1 amide bonds. The van der Waals surface area contributed by atoms with E-state index >= 15 is 0 Å². The number of hydrogen-bond donors (Lipinski definition) is 1. The van der Waals surface area contributed by atoms with Crippen LogP contribution in [0.4, 0.5) is 5.00 Å². The van der Waals surface area contributed by atoms with Gasteiger partial charge in [0.25, 0.3) is 5.56 Å². The number of thiophene rings is 2. The zero-order valence-electron chi connectivity index (χ0n) is 21.2. The molecule has 0 radical (unpaired) electrons. The summed E-state index contributed by atoms with van der Waals surface area (Å²) in [7, 11) is 1.35. The Labute approximate surface area is 232 Å². The quantitative estimate of drug-likeness (QED) is 0.121. The van der Waals surface area contributed by atoms with Crippen LogP contribution in [0, 0.1) is 6.92 Å². The Morgan fingerprint density at radius 3 is 2.74 bits per heavy atom. The number of hydrogen-bond acceptors (Lipinski definition) is 8. The number of benzene rings is 1. The van der Waals surface area contributed by atoms with Gasteiger partial charge in [0, 0.05) is 22.4 Å². The standard InChI is InChI=1S/C28H27N3O4S3/c1-4-13-31-26(33)22-19(17-11-9-16(2)10-12-17)14-36-24(22)30-28(31)37-15-21(32)29-25-23(27(34)35-3)18-7-5-6-8-20(18)38-25/h4,9-12,14H,1,5-8,13,15H2,2-3H3,(H,29,32). The van der Waals surface area contributed by atoms with Gasteiger partial charge in [-0.1, -0.05) is 47.7 Å². The molecule has 0 bridgehead atoms. The number of aromatic nitrogens is 2. The normalized spacial score (nSPS) is 12.8. The van der Waals surface area contributed by atoms with Crippen molar-refractivity contribution in [2.75, 3.05) is 18.2 Å². The molecule has 196 valence electrons. The highest BCUT2D eigenvalue weighted by Gasteiger charge is 2.27. The predicted molar refractivity (Wildman–Crippen MR) is 156 cm³/mol. The average Bonchev–Trinajstić information content (AvgIpc) is 3.50. The number of nitrogens with zero attached hydrogens (tertiary/aromatic N) is 2. The van der Waals surface area contributed by atoms with Crippen LogP contribution >= 0.6 is 34.4 Å². The molecule has 0 unspecified atom stereocenters. The number of aryl methyl sites for hydroxylation is 2. The monoisotopic (exact) mass is 565 g/mol. The lowest BCUT2D eigenvalue weighted by atomic mass is 9.95. The Kier molecular flexibility index (Phi) is 7.83. The fourth-order valence-corrected chi connectivity index (χ4v) is 7.71. The molecule has 3 aromatic heterocycles. The molecule has 0 saturated heterocycles. The van der Waals surface area contributed by atoms with Gasteiger partial charge in [0.15, 0.2) is 5.16 Å². The number of allylic oxidation sites excluding steroid dienone is 1. The minimum absolute atomic E-state index is 0.0362. The molecule has 0 spiro atoms. The maximum atomic E-state index is 13.6. The summed E-state index contributed by atoms with van der Waals surface area (Å²) in [5.74, 6) is -0.666. The summed E-state index contributed by atoms with van der Waals surface area (Å²) in [6.07, 6.45) is 5.44. The molecule has 0 fully saturated rings. The predicted octanol–water partition coefficient (Wildman–Crippen LogP) is 6.08. The topological polar surface area (TPSA) is 90.3 Å². The van der Waals surface area contributed by atoms with Crippen molar-refractivity contribution in [3.63, 3.8) is 0 Å². The van der Waals surface area contributed by atoms with Crippen LogP contribution in [0.2, 0.25) is 0 Å². The lowest BCUT2D eigenvalue weighted by Gasteiger charge is -2.12. The van der Waals surface area contributed by atoms with Crippen LogP contribution in [0.5, 0.6) is 0 Å². The Morgan fingerprint density at radius 2 is 2.00 bits per heavy atom. The molecule has 3 heterocycles. The number of nitrogens with one attached hydrogen (secondary N) is 1. The van der Waals surface area contributed by atoms with Gasteiger partial charge >= 0.3 is 5.97 Å². The van der Waals surface area contributed by atoms with Gasteiger partial charge in [-0.25, -0.2) is 9.78 Å². The van der Waals surface area contributed by atoms with Crippen LogP contribution in [0.3, 0.4) is 0 Å². The lowest BCUT2D eigenvalue weighted by molar-refractivity contribution is -0.113. The Balaban J connectivity index is 1.41. The zero-order valence-corrected chi connectivity index (χ0v) is 23.6. The Bertz CT molecular complexity index is 1600. The molecule has 1 N–H and O–H groups in total. The van der Waals surface area contributed by atoms with Crippen molar-refractivity contribution >= 4 is 61.5 Å². The molecule has 4 aromatic rings. The first kappa shape index (κ1) is 26.4. The van der Waals surface area contributed by atoms with Crippen LogP contribution < -0.4 is 10.9 Å². The maximum absolute atomic E-state index is 13.6. The highest BCUT2D eigenvalue weighted by atomic mass is 32.2. The van der Waals surface area contributed by atoms with Gasteiger partial charge in [0.05, 0.1) is 23.8 Å². The molecule has 1 aliphatic carbocycles. The molecule has 0 atom stereocenters. The maximum Gasteiger partial charge on any atom is 0.341 e. The van der Waals surface area contributed by atoms with Crippen molar-refractivity contribution in [2.24, 2.45) is 0 Å². The first-order valence-electron chi connectivity index (χ1n) is 12.3. The minimum atomic E-state index is -0.429. The second-order valence-electron chi connectivity index (χ2n) is 9.04. The number of carbonyl (C=O) groups excluding carboxylic acids is 2.